The van der Waals surface area contributed by atoms with Crippen LogP contribution in [0.15, 0.2) is 48.5 Å². The van der Waals surface area contributed by atoms with Crippen molar-refractivity contribution in [2.24, 2.45) is 0 Å². The number of rotatable bonds is 6. The number of carboxylic acid groups (broad SMARTS) is 1. The summed E-state index contributed by atoms with van der Waals surface area (Å²) in [6, 6.07) is 13.6. The van der Waals surface area contributed by atoms with Crippen molar-refractivity contribution < 1.29 is 24.2 Å². The van der Waals surface area contributed by atoms with Crippen molar-refractivity contribution in [3.8, 4) is 11.5 Å². The minimum atomic E-state index is -1.05. The van der Waals surface area contributed by atoms with Gasteiger partial charge in [-0.25, -0.2) is 4.79 Å². The lowest BCUT2D eigenvalue weighted by Gasteiger charge is -2.15. The average Bonchev–Trinajstić information content (AvgIpc) is 2.87. The van der Waals surface area contributed by atoms with E-state index in [1.165, 1.54) is 0 Å². The average molecular weight is 355 g/mol. The zero-order valence-corrected chi connectivity index (χ0v) is 14.3. The molecule has 136 valence electrons. The zero-order valence-electron chi connectivity index (χ0n) is 14.3. The molecule has 0 radical (unpaired) electrons. The van der Waals surface area contributed by atoms with E-state index in [-0.39, 0.29) is 18.7 Å². The summed E-state index contributed by atoms with van der Waals surface area (Å²) >= 11 is 0. The van der Waals surface area contributed by atoms with Crippen LogP contribution in [0.2, 0.25) is 0 Å². The van der Waals surface area contributed by atoms with Gasteiger partial charge in [0.2, 0.25) is 5.91 Å². The molecule has 26 heavy (non-hydrogen) atoms. The number of hydrogen-bond acceptors (Lipinski definition) is 4. The molecule has 2 aromatic carbocycles. The van der Waals surface area contributed by atoms with Gasteiger partial charge >= 0.3 is 5.97 Å². The largest absolute Gasteiger partial charge is 0.490 e. The van der Waals surface area contributed by atoms with E-state index < -0.39 is 12.0 Å². The molecule has 1 aliphatic heterocycles. The molecule has 1 heterocycles. The van der Waals surface area contributed by atoms with Gasteiger partial charge in [0.05, 0.1) is 19.6 Å². The first-order valence-corrected chi connectivity index (χ1v) is 8.56. The number of aliphatic carboxylic acids is 1. The Morgan fingerprint density at radius 3 is 2.46 bits per heavy atom. The monoisotopic (exact) mass is 355 g/mol. The number of benzene rings is 2. The maximum absolute atomic E-state index is 12.3. The first-order chi connectivity index (χ1) is 12.6. The molecule has 0 saturated heterocycles. The number of hydrogen-bond donors (Lipinski definition) is 2. The Hall–Kier alpha value is -3.02. The van der Waals surface area contributed by atoms with Crippen LogP contribution in [-0.2, 0) is 22.4 Å². The Morgan fingerprint density at radius 1 is 1.00 bits per heavy atom. The molecule has 6 nitrogen and oxygen atoms in total. The summed E-state index contributed by atoms with van der Waals surface area (Å²) in [4.78, 5) is 23.8. The third-order valence-corrected chi connectivity index (χ3v) is 4.09. The minimum Gasteiger partial charge on any atom is -0.490 e. The SMILES string of the molecule is O=C(Cc1ccc2c(c1)OCCCO2)NC(Cc1ccccc1)C(=O)O. The number of carbonyl (C=O) groups is 2. The summed E-state index contributed by atoms with van der Waals surface area (Å²) in [6.45, 7) is 1.17. The predicted molar refractivity (Wildman–Crippen MR) is 95.5 cm³/mol. The Morgan fingerprint density at radius 2 is 1.73 bits per heavy atom. The van der Waals surface area contributed by atoms with Crippen LogP contribution in [-0.4, -0.2) is 36.2 Å². The van der Waals surface area contributed by atoms with Crippen LogP contribution in [0.4, 0.5) is 0 Å². The van der Waals surface area contributed by atoms with Gasteiger partial charge < -0.3 is 19.9 Å². The van der Waals surface area contributed by atoms with Crippen molar-refractivity contribution in [2.75, 3.05) is 13.2 Å². The van der Waals surface area contributed by atoms with Crippen LogP contribution < -0.4 is 14.8 Å². The molecule has 3 rings (SSSR count). The number of carboxylic acids is 1. The molecule has 1 atom stereocenters. The summed E-state index contributed by atoms with van der Waals surface area (Å²) in [7, 11) is 0. The highest BCUT2D eigenvalue weighted by Crippen LogP contribution is 2.30. The van der Waals surface area contributed by atoms with Crippen molar-refractivity contribution >= 4 is 11.9 Å². The normalized spacial score (nSPS) is 14.2. The maximum atomic E-state index is 12.3. The molecule has 1 unspecified atom stereocenters. The minimum absolute atomic E-state index is 0.0786. The van der Waals surface area contributed by atoms with Gasteiger partial charge in [-0.15, -0.1) is 0 Å². The second kappa shape index (κ2) is 8.38. The van der Waals surface area contributed by atoms with E-state index in [9.17, 15) is 14.7 Å². The molecule has 2 N–H and O–H groups in total. The number of amides is 1. The van der Waals surface area contributed by atoms with Gasteiger partial charge in [0.1, 0.15) is 6.04 Å². The highest BCUT2D eigenvalue weighted by Gasteiger charge is 2.21. The highest BCUT2D eigenvalue weighted by molar-refractivity contribution is 5.85. The van der Waals surface area contributed by atoms with Crippen LogP contribution in [0.1, 0.15) is 17.5 Å². The number of ether oxygens (including phenoxy) is 2. The van der Waals surface area contributed by atoms with Gasteiger partial charge in [0.25, 0.3) is 0 Å². The molecule has 1 aliphatic rings. The van der Waals surface area contributed by atoms with Crippen molar-refractivity contribution in [3.05, 3.63) is 59.7 Å². The molecule has 2 aromatic rings. The smallest absolute Gasteiger partial charge is 0.326 e. The lowest BCUT2D eigenvalue weighted by atomic mass is 10.1. The maximum Gasteiger partial charge on any atom is 0.326 e. The van der Waals surface area contributed by atoms with Crippen LogP contribution in [0, 0.1) is 0 Å². The topological polar surface area (TPSA) is 84.9 Å². The second-order valence-corrected chi connectivity index (χ2v) is 6.16. The molecule has 0 saturated carbocycles. The van der Waals surface area contributed by atoms with E-state index in [1.807, 2.05) is 30.3 Å². The summed E-state index contributed by atoms with van der Waals surface area (Å²) < 4.78 is 11.2. The van der Waals surface area contributed by atoms with Crippen molar-refractivity contribution in [2.45, 2.75) is 25.3 Å². The van der Waals surface area contributed by atoms with Crippen LogP contribution in [0.5, 0.6) is 11.5 Å². The van der Waals surface area contributed by atoms with Crippen LogP contribution in [0.25, 0.3) is 0 Å². The molecule has 0 aromatic heterocycles. The van der Waals surface area contributed by atoms with E-state index in [0.29, 0.717) is 24.7 Å². The number of nitrogens with one attached hydrogen (secondary N) is 1. The van der Waals surface area contributed by atoms with Gasteiger partial charge in [-0.05, 0) is 23.3 Å². The Labute approximate surface area is 151 Å². The Balaban J connectivity index is 1.63. The molecule has 0 aliphatic carbocycles. The van der Waals surface area contributed by atoms with Crippen molar-refractivity contribution in [1.29, 1.82) is 0 Å². The molecule has 1 amide bonds. The van der Waals surface area contributed by atoms with Gasteiger partial charge in [-0.2, -0.15) is 0 Å². The lowest BCUT2D eigenvalue weighted by Crippen LogP contribution is -2.43. The lowest BCUT2D eigenvalue weighted by molar-refractivity contribution is -0.141. The standard InChI is InChI=1S/C20H21NO5/c22-19(21-16(20(23)24)11-14-5-2-1-3-6-14)13-15-7-8-17-18(12-15)26-10-4-9-25-17/h1-3,5-8,12,16H,4,9-11,13H2,(H,21,22)(H,23,24). The van der Waals surface area contributed by atoms with Crippen molar-refractivity contribution in [1.82, 2.24) is 5.32 Å². The fourth-order valence-corrected chi connectivity index (χ4v) is 2.80. The Bertz CT molecular complexity index is 775. The van der Waals surface area contributed by atoms with Gasteiger partial charge in [0.15, 0.2) is 11.5 Å². The van der Waals surface area contributed by atoms with Gasteiger partial charge in [0, 0.05) is 12.8 Å². The van der Waals surface area contributed by atoms with E-state index in [1.54, 1.807) is 18.2 Å². The van der Waals surface area contributed by atoms with Crippen LogP contribution >= 0.6 is 0 Å². The van der Waals surface area contributed by atoms with Crippen molar-refractivity contribution in [3.63, 3.8) is 0 Å². The van der Waals surface area contributed by atoms with E-state index in [2.05, 4.69) is 5.32 Å². The quantitative estimate of drug-likeness (QED) is 0.830. The molecular weight excluding hydrogens is 334 g/mol. The summed E-state index contributed by atoms with van der Waals surface area (Å²) in [5.41, 5.74) is 1.60. The predicted octanol–water partition coefficient (Wildman–Crippen LogP) is 2.20. The Kier molecular flexibility index (Phi) is 5.73. The third kappa shape index (κ3) is 4.75. The summed E-state index contributed by atoms with van der Waals surface area (Å²) in [6.07, 6.45) is 1.13. The van der Waals surface area contributed by atoms with E-state index in [0.717, 1.165) is 17.5 Å². The van der Waals surface area contributed by atoms with E-state index in [4.69, 9.17) is 9.47 Å². The highest BCUT2D eigenvalue weighted by atomic mass is 16.5. The van der Waals surface area contributed by atoms with E-state index >= 15 is 0 Å². The molecule has 6 heteroatoms. The first-order valence-electron chi connectivity index (χ1n) is 8.56. The molecule has 0 fully saturated rings. The van der Waals surface area contributed by atoms with Crippen LogP contribution in [0.3, 0.4) is 0 Å². The molecular formula is C20H21NO5. The zero-order chi connectivity index (χ0) is 18.4. The van der Waals surface area contributed by atoms with Gasteiger partial charge in [-0.1, -0.05) is 36.4 Å². The molecule has 0 bridgehead atoms. The summed E-state index contributed by atoms with van der Waals surface area (Å²) in [5, 5.41) is 12.0. The fraction of sp³-hybridized carbons (Fsp3) is 0.300. The first kappa shape index (κ1) is 17.8. The van der Waals surface area contributed by atoms with Gasteiger partial charge in [-0.3, -0.25) is 4.79 Å². The fourth-order valence-electron chi connectivity index (χ4n) is 2.80. The number of carbonyl (C=O) groups excluding carboxylic acids is 1. The summed E-state index contributed by atoms with van der Waals surface area (Å²) in [5.74, 6) is -0.116. The third-order valence-electron chi connectivity index (χ3n) is 4.09. The number of fused-ring (bicyclic) bond motifs is 1. The second-order valence-electron chi connectivity index (χ2n) is 6.16. The molecule has 0 spiro atoms.